The van der Waals surface area contributed by atoms with Crippen LogP contribution >= 0.6 is 11.6 Å². The second-order valence-electron chi connectivity index (χ2n) is 4.60. The Labute approximate surface area is 121 Å². The molecule has 5 heteroatoms. The summed E-state index contributed by atoms with van der Waals surface area (Å²) in [4.78, 5) is 16.4. The van der Waals surface area contributed by atoms with Gasteiger partial charge in [0.15, 0.2) is 0 Å². The van der Waals surface area contributed by atoms with Gasteiger partial charge in [-0.25, -0.2) is 0 Å². The zero-order chi connectivity index (χ0) is 13.9. The molecule has 3 rings (SSSR count). The maximum absolute atomic E-state index is 12.4. The van der Waals surface area contributed by atoms with Crippen molar-refractivity contribution in [3.05, 3.63) is 53.3 Å². The SMILES string of the molecule is O=C(Nc1cccnc1)C1CCOc2ccc(Cl)cc21. The van der Waals surface area contributed by atoms with Gasteiger partial charge < -0.3 is 10.1 Å². The number of nitrogens with zero attached hydrogens (tertiary/aromatic N) is 1. The van der Waals surface area contributed by atoms with E-state index in [1.807, 2.05) is 6.07 Å². The third-order valence-electron chi connectivity index (χ3n) is 3.26. The van der Waals surface area contributed by atoms with E-state index in [1.165, 1.54) is 0 Å². The number of fused-ring (bicyclic) bond motifs is 1. The quantitative estimate of drug-likeness (QED) is 0.923. The van der Waals surface area contributed by atoms with Gasteiger partial charge in [0.25, 0.3) is 0 Å². The van der Waals surface area contributed by atoms with Crippen LogP contribution in [0.1, 0.15) is 17.9 Å². The van der Waals surface area contributed by atoms with Crippen molar-refractivity contribution in [2.75, 3.05) is 11.9 Å². The standard InChI is InChI=1S/C15H13ClN2O2/c16-10-3-4-14-13(8-10)12(5-7-20-14)15(19)18-11-2-1-6-17-9-11/h1-4,6,8-9,12H,5,7H2,(H,18,19). The molecule has 1 aliphatic rings. The van der Waals surface area contributed by atoms with E-state index < -0.39 is 0 Å². The Morgan fingerprint density at radius 2 is 2.30 bits per heavy atom. The van der Waals surface area contributed by atoms with E-state index in [0.717, 1.165) is 11.3 Å². The molecule has 0 saturated carbocycles. The molecule has 1 aliphatic heterocycles. The summed E-state index contributed by atoms with van der Waals surface area (Å²) in [7, 11) is 0. The lowest BCUT2D eigenvalue weighted by molar-refractivity contribution is -0.118. The molecule has 0 aliphatic carbocycles. The van der Waals surface area contributed by atoms with Crippen LogP contribution in [0.15, 0.2) is 42.7 Å². The summed E-state index contributed by atoms with van der Waals surface area (Å²) in [5.74, 6) is 0.412. The Bertz CT molecular complexity index is 631. The molecule has 2 aromatic rings. The van der Waals surface area contributed by atoms with E-state index in [2.05, 4.69) is 10.3 Å². The van der Waals surface area contributed by atoms with Gasteiger partial charge in [0.05, 0.1) is 24.4 Å². The molecule has 1 atom stereocenters. The Hall–Kier alpha value is -2.07. The van der Waals surface area contributed by atoms with Gasteiger partial charge in [-0.2, -0.15) is 0 Å². The zero-order valence-electron chi connectivity index (χ0n) is 10.7. The zero-order valence-corrected chi connectivity index (χ0v) is 11.4. The van der Waals surface area contributed by atoms with Crippen LogP contribution in [0, 0.1) is 0 Å². The van der Waals surface area contributed by atoms with E-state index >= 15 is 0 Å². The number of rotatable bonds is 2. The molecule has 1 amide bonds. The molecule has 2 heterocycles. The van der Waals surface area contributed by atoms with Gasteiger partial charge in [0.1, 0.15) is 5.75 Å². The molecule has 0 spiro atoms. The fraction of sp³-hybridized carbons (Fsp3) is 0.200. The minimum absolute atomic E-state index is 0.0650. The maximum atomic E-state index is 12.4. The van der Waals surface area contributed by atoms with Crippen LogP contribution in [0.3, 0.4) is 0 Å². The van der Waals surface area contributed by atoms with Gasteiger partial charge in [-0.15, -0.1) is 0 Å². The summed E-state index contributed by atoms with van der Waals surface area (Å²) in [6, 6.07) is 8.96. The first-order valence-electron chi connectivity index (χ1n) is 6.37. The molecule has 1 unspecified atom stereocenters. The Morgan fingerprint density at radius 1 is 1.40 bits per heavy atom. The lowest BCUT2D eigenvalue weighted by atomic mass is 9.92. The predicted molar refractivity (Wildman–Crippen MR) is 77.2 cm³/mol. The van der Waals surface area contributed by atoms with Crippen LogP contribution in [0.4, 0.5) is 5.69 Å². The minimum atomic E-state index is -0.252. The summed E-state index contributed by atoms with van der Waals surface area (Å²) in [6.07, 6.45) is 3.93. The van der Waals surface area contributed by atoms with Crippen molar-refractivity contribution in [2.45, 2.75) is 12.3 Å². The summed E-state index contributed by atoms with van der Waals surface area (Å²) in [6.45, 7) is 0.528. The van der Waals surface area contributed by atoms with Gasteiger partial charge in [0.2, 0.25) is 5.91 Å². The van der Waals surface area contributed by atoms with Crippen molar-refractivity contribution >= 4 is 23.2 Å². The van der Waals surface area contributed by atoms with Crippen LogP contribution in [0.2, 0.25) is 5.02 Å². The Morgan fingerprint density at radius 3 is 3.10 bits per heavy atom. The number of pyridine rings is 1. The number of halogens is 1. The highest BCUT2D eigenvalue weighted by Crippen LogP contribution is 2.36. The number of benzene rings is 1. The number of hydrogen-bond acceptors (Lipinski definition) is 3. The molecule has 0 radical (unpaired) electrons. The average molecular weight is 289 g/mol. The normalized spacial score (nSPS) is 16.9. The van der Waals surface area contributed by atoms with Gasteiger partial charge in [-0.3, -0.25) is 9.78 Å². The minimum Gasteiger partial charge on any atom is -0.493 e. The Kier molecular flexibility index (Phi) is 3.56. The number of carbonyl (C=O) groups is 1. The van der Waals surface area contributed by atoms with Crippen LogP contribution in [-0.2, 0) is 4.79 Å². The van der Waals surface area contributed by atoms with Gasteiger partial charge >= 0.3 is 0 Å². The highest BCUT2D eigenvalue weighted by molar-refractivity contribution is 6.30. The number of aromatic nitrogens is 1. The highest BCUT2D eigenvalue weighted by Gasteiger charge is 2.28. The van der Waals surface area contributed by atoms with E-state index in [1.54, 1.807) is 36.7 Å². The molecular formula is C15H13ClN2O2. The third kappa shape index (κ3) is 2.60. The molecular weight excluding hydrogens is 276 g/mol. The van der Waals surface area contributed by atoms with Crippen LogP contribution in [-0.4, -0.2) is 17.5 Å². The molecule has 1 aromatic carbocycles. The fourth-order valence-corrected chi connectivity index (χ4v) is 2.48. The van der Waals surface area contributed by atoms with E-state index in [4.69, 9.17) is 16.3 Å². The summed E-state index contributed by atoms with van der Waals surface area (Å²) >= 11 is 6.01. The lowest BCUT2D eigenvalue weighted by Crippen LogP contribution is -2.26. The second-order valence-corrected chi connectivity index (χ2v) is 5.04. The average Bonchev–Trinajstić information content (AvgIpc) is 2.47. The molecule has 102 valence electrons. The topological polar surface area (TPSA) is 51.2 Å². The van der Waals surface area contributed by atoms with Crippen molar-refractivity contribution in [3.63, 3.8) is 0 Å². The summed E-state index contributed by atoms with van der Waals surface area (Å²) < 4.78 is 5.56. The number of hydrogen-bond donors (Lipinski definition) is 1. The molecule has 1 aromatic heterocycles. The van der Waals surface area contributed by atoms with Gasteiger partial charge in [-0.05, 0) is 36.8 Å². The highest BCUT2D eigenvalue weighted by atomic mass is 35.5. The molecule has 4 nitrogen and oxygen atoms in total. The molecule has 0 saturated heterocycles. The first-order valence-corrected chi connectivity index (χ1v) is 6.75. The van der Waals surface area contributed by atoms with Gasteiger partial charge in [0, 0.05) is 16.8 Å². The predicted octanol–water partition coefficient (Wildman–Crippen LogP) is 3.24. The fourth-order valence-electron chi connectivity index (χ4n) is 2.30. The first kappa shape index (κ1) is 12.9. The molecule has 0 fully saturated rings. The smallest absolute Gasteiger partial charge is 0.232 e. The van der Waals surface area contributed by atoms with E-state index in [9.17, 15) is 4.79 Å². The maximum Gasteiger partial charge on any atom is 0.232 e. The molecule has 0 bridgehead atoms. The second kappa shape index (κ2) is 5.51. The van der Waals surface area contributed by atoms with Crippen molar-refractivity contribution in [1.29, 1.82) is 0 Å². The Balaban J connectivity index is 1.85. The largest absolute Gasteiger partial charge is 0.493 e. The van der Waals surface area contributed by atoms with Gasteiger partial charge in [-0.1, -0.05) is 11.6 Å². The van der Waals surface area contributed by atoms with Crippen molar-refractivity contribution in [1.82, 2.24) is 4.98 Å². The van der Waals surface area contributed by atoms with Crippen LogP contribution < -0.4 is 10.1 Å². The number of anilines is 1. The van der Waals surface area contributed by atoms with E-state index in [0.29, 0.717) is 23.7 Å². The van der Waals surface area contributed by atoms with Crippen LogP contribution in [0.25, 0.3) is 0 Å². The number of nitrogens with one attached hydrogen (secondary N) is 1. The van der Waals surface area contributed by atoms with Crippen molar-refractivity contribution in [3.8, 4) is 5.75 Å². The monoisotopic (exact) mass is 288 g/mol. The number of ether oxygens (including phenoxy) is 1. The van der Waals surface area contributed by atoms with Crippen molar-refractivity contribution < 1.29 is 9.53 Å². The van der Waals surface area contributed by atoms with Crippen molar-refractivity contribution in [2.24, 2.45) is 0 Å². The lowest BCUT2D eigenvalue weighted by Gasteiger charge is -2.25. The van der Waals surface area contributed by atoms with E-state index in [-0.39, 0.29) is 11.8 Å². The first-order chi connectivity index (χ1) is 9.74. The third-order valence-corrected chi connectivity index (χ3v) is 3.49. The molecule has 20 heavy (non-hydrogen) atoms. The summed E-state index contributed by atoms with van der Waals surface area (Å²) in [5.41, 5.74) is 1.53. The number of amides is 1. The molecule has 1 N–H and O–H groups in total. The number of carbonyl (C=O) groups excluding carboxylic acids is 1. The summed E-state index contributed by atoms with van der Waals surface area (Å²) in [5, 5.41) is 3.48. The van der Waals surface area contributed by atoms with Crippen LogP contribution in [0.5, 0.6) is 5.75 Å².